The van der Waals surface area contributed by atoms with E-state index in [4.69, 9.17) is 5.73 Å². The van der Waals surface area contributed by atoms with Crippen LogP contribution in [0, 0.1) is 5.92 Å². The van der Waals surface area contributed by atoms with Crippen molar-refractivity contribution in [2.24, 2.45) is 5.92 Å². The molecule has 0 spiro atoms. The highest BCUT2D eigenvalue weighted by molar-refractivity contribution is 7.17. The highest BCUT2D eigenvalue weighted by Crippen LogP contribution is 2.17. The second kappa shape index (κ2) is 5.00. The number of thiophene rings is 1. The van der Waals surface area contributed by atoms with Gasteiger partial charge >= 0.3 is 0 Å². The number of carbonyl (C=O) groups is 1. The van der Waals surface area contributed by atoms with Crippen LogP contribution in [0.25, 0.3) is 0 Å². The van der Waals surface area contributed by atoms with Crippen LogP contribution in [0.15, 0.2) is 12.1 Å². The molecule has 1 amide bonds. The number of anilines is 1. The van der Waals surface area contributed by atoms with Gasteiger partial charge in [0.15, 0.2) is 0 Å². The molecule has 0 bridgehead atoms. The minimum absolute atomic E-state index is 0.0210. The molecule has 1 aromatic heterocycles. The van der Waals surface area contributed by atoms with Crippen LogP contribution in [0.3, 0.4) is 0 Å². The lowest BCUT2D eigenvalue weighted by molar-refractivity contribution is 0.0956. The smallest absolute Gasteiger partial charge is 0.261 e. The van der Waals surface area contributed by atoms with Crippen molar-refractivity contribution in [2.45, 2.75) is 20.3 Å². The van der Waals surface area contributed by atoms with Gasteiger partial charge in [-0.25, -0.2) is 0 Å². The number of carbonyl (C=O) groups excluding carboxylic acids is 1. The molecule has 0 atom stereocenters. The van der Waals surface area contributed by atoms with E-state index in [9.17, 15) is 4.79 Å². The quantitative estimate of drug-likeness (QED) is 0.803. The summed E-state index contributed by atoms with van der Waals surface area (Å²) in [7, 11) is 0. The van der Waals surface area contributed by atoms with Crippen molar-refractivity contribution in [3.63, 3.8) is 0 Å². The van der Waals surface area contributed by atoms with Crippen molar-refractivity contribution >= 4 is 22.2 Å². The Bertz CT molecular complexity index is 307. The zero-order valence-corrected chi connectivity index (χ0v) is 9.36. The molecule has 1 rings (SSSR count). The van der Waals surface area contributed by atoms with Gasteiger partial charge in [-0.2, -0.15) is 0 Å². The van der Waals surface area contributed by atoms with E-state index in [1.54, 1.807) is 12.1 Å². The summed E-state index contributed by atoms with van der Waals surface area (Å²) in [6.45, 7) is 5.00. The third kappa shape index (κ3) is 3.38. The van der Waals surface area contributed by atoms with Gasteiger partial charge in [0.1, 0.15) is 0 Å². The highest BCUT2D eigenvalue weighted by atomic mass is 32.1. The van der Waals surface area contributed by atoms with Crippen LogP contribution in [0.2, 0.25) is 0 Å². The number of nitrogens with two attached hydrogens (primary N) is 1. The maximum Gasteiger partial charge on any atom is 0.261 e. The second-order valence-electron chi connectivity index (χ2n) is 3.64. The minimum Gasteiger partial charge on any atom is -0.391 e. The lowest BCUT2D eigenvalue weighted by Gasteiger charge is -2.05. The first-order valence-corrected chi connectivity index (χ1v) is 5.54. The number of hydrogen-bond donors (Lipinski definition) is 2. The van der Waals surface area contributed by atoms with Crippen LogP contribution >= 0.6 is 11.3 Å². The fourth-order valence-corrected chi connectivity index (χ4v) is 1.73. The molecule has 1 aromatic rings. The second-order valence-corrected chi connectivity index (χ2v) is 4.76. The van der Waals surface area contributed by atoms with Crippen molar-refractivity contribution in [1.82, 2.24) is 5.32 Å². The number of hydrogen-bond acceptors (Lipinski definition) is 3. The minimum atomic E-state index is -0.0210. The zero-order chi connectivity index (χ0) is 10.6. The fourth-order valence-electron chi connectivity index (χ4n) is 1.04. The van der Waals surface area contributed by atoms with Gasteiger partial charge in [-0.15, -0.1) is 11.3 Å². The standard InChI is InChI=1S/C10H16N2OS/c1-7(2)5-6-12-10(13)8-3-4-9(11)14-8/h3-4,7H,5-6,11H2,1-2H3,(H,12,13). The first kappa shape index (κ1) is 11.0. The summed E-state index contributed by atoms with van der Waals surface area (Å²) in [5.41, 5.74) is 5.53. The zero-order valence-electron chi connectivity index (χ0n) is 8.54. The van der Waals surface area contributed by atoms with E-state index in [2.05, 4.69) is 19.2 Å². The summed E-state index contributed by atoms with van der Waals surface area (Å²) < 4.78 is 0. The molecule has 0 aliphatic heterocycles. The molecule has 0 unspecified atom stereocenters. The lowest BCUT2D eigenvalue weighted by atomic mass is 10.1. The summed E-state index contributed by atoms with van der Waals surface area (Å²) in [5.74, 6) is 0.594. The molecule has 3 nitrogen and oxygen atoms in total. The Hall–Kier alpha value is -1.03. The average molecular weight is 212 g/mol. The molecule has 0 radical (unpaired) electrons. The summed E-state index contributed by atoms with van der Waals surface area (Å²) in [5, 5.41) is 3.54. The van der Waals surface area contributed by atoms with Crippen molar-refractivity contribution in [3.05, 3.63) is 17.0 Å². The van der Waals surface area contributed by atoms with Crippen molar-refractivity contribution in [2.75, 3.05) is 12.3 Å². The third-order valence-electron chi connectivity index (χ3n) is 1.86. The van der Waals surface area contributed by atoms with Crippen molar-refractivity contribution < 1.29 is 4.79 Å². The Kier molecular flexibility index (Phi) is 3.95. The van der Waals surface area contributed by atoms with Gasteiger partial charge in [0.25, 0.3) is 5.91 Å². The number of nitrogen functional groups attached to an aromatic ring is 1. The Morgan fingerprint density at radius 1 is 1.57 bits per heavy atom. The molecular weight excluding hydrogens is 196 g/mol. The molecular formula is C10H16N2OS. The van der Waals surface area contributed by atoms with Gasteiger partial charge in [0, 0.05) is 6.54 Å². The molecule has 4 heteroatoms. The number of amides is 1. The lowest BCUT2D eigenvalue weighted by Crippen LogP contribution is -2.24. The maximum absolute atomic E-state index is 11.5. The molecule has 0 fully saturated rings. The van der Waals surface area contributed by atoms with E-state index < -0.39 is 0 Å². The third-order valence-corrected chi connectivity index (χ3v) is 2.77. The van der Waals surface area contributed by atoms with E-state index in [0.29, 0.717) is 15.8 Å². The van der Waals surface area contributed by atoms with Crippen molar-refractivity contribution in [3.8, 4) is 0 Å². The van der Waals surface area contributed by atoms with E-state index >= 15 is 0 Å². The normalized spacial score (nSPS) is 10.5. The Labute approximate surface area is 88.3 Å². The number of rotatable bonds is 4. The van der Waals surface area contributed by atoms with Crippen LogP contribution in [-0.4, -0.2) is 12.5 Å². The molecule has 1 heterocycles. The van der Waals surface area contributed by atoms with Gasteiger partial charge in [0.05, 0.1) is 9.88 Å². The van der Waals surface area contributed by atoms with E-state index in [0.717, 1.165) is 13.0 Å². The molecule has 0 saturated heterocycles. The van der Waals surface area contributed by atoms with Gasteiger partial charge in [-0.1, -0.05) is 13.8 Å². The first-order valence-electron chi connectivity index (χ1n) is 4.73. The van der Waals surface area contributed by atoms with Crippen LogP contribution in [0.5, 0.6) is 0 Å². The van der Waals surface area contributed by atoms with E-state index in [-0.39, 0.29) is 5.91 Å². The molecule has 3 N–H and O–H groups in total. The Balaban J connectivity index is 2.36. The molecule has 0 aromatic carbocycles. The Morgan fingerprint density at radius 3 is 2.79 bits per heavy atom. The van der Waals surface area contributed by atoms with Crippen LogP contribution < -0.4 is 11.1 Å². The highest BCUT2D eigenvalue weighted by Gasteiger charge is 2.07. The van der Waals surface area contributed by atoms with Gasteiger partial charge in [0.2, 0.25) is 0 Å². The predicted molar refractivity (Wildman–Crippen MR) is 60.5 cm³/mol. The van der Waals surface area contributed by atoms with E-state index in [1.165, 1.54) is 11.3 Å². The summed E-state index contributed by atoms with van der Waals surface area (Å²) in [6.07, 6.45) is 1.01. The number of nitrogens with one attached hydrogen (secondary N) is 1. The SMILES string of the molecule is CC(C)CCNC(=O)c1ccc(N)s1. The molecule has 0 aliphatic carbocycles. The predicted octanol–water partition coefficient (Wildman–Crippen LogP) is 2.11. The summed E-state index contributed by atoms with van der Waals surface area (Å²) in [6, 6.07) is 3.51. The average Bonchev–Trinajstić information content (AvgIpc) is 2.51. The molecule has 0 aliphatic rings. The first-order chi connectivity index (χ1) is 6.59. The largest absolute Gasteiger partial charge is 0.391 e. The monoisotopic (exact) mass is 212 g/mol. The van der Waals surface area contributed by atoms with Crippen molar-refractivity contribution in [1.29, 1.82) is 0 Å². The van der Waals surface area contributed by atoms with Crippen LogP contribution in [-0.2, 0) is 0 Å². The maximum atomic E-state index is 11.5. The topological polar surface area (TPSA) is 55.1 Å². The van der Waals surface area contributed by atoms with Gasteiger partial charge in [-0.3, -0.25) is 4.79 Å². The van der Waals surface area contributed by atoms with E-state index in [1.807, 2.05) is 0 Å². The van der Waals surface area contributed by atoms with Gasteiger partial charge in [-0.05, 0) is 24.5 Å². The van der Waals surface area contributed by atoms with Crippen LogP contribution in [0.4, 0.5) is 5.00 Å². The fraction of sp³-hybridized carbons (Fsp3) is 0.500. The summed E-state index contributed by atoms with van der Waals surface area (Å²) >= 11 is 1.32. The Morgan fingerprint density at radius 2 is 2.29 bits per heavy atom. The van der Waals surface area contributed by atoms with Gasteiger partial charge < -0.3 is 11.1 Å². The summed E-state index contributed by atoms with van der Waals surface area (Å²) in [4.78, 5) is 12.2. The molecule has 14 heavy (non-hydrogen) atoms. The molecule has 0 saturated carbocycles. The van der Waals surface area contributed by atoms with Crippen LogP contribution in [0.1, 0.15) is 29.9 Å². The molecule has 78 valence electrons.